The quantitative estimate of drug-likeness (QED) is 0.619. The van der Waals surface area contributed by atoms with Crippen molar-refractivity contribution in [2.75, 3.05) is 0 Å². The molecule has 0 amide bonds. The fourth-order valence-electron chi connectivity index (χ4n) is 1.37. The van der Waals surface area contributed by atoms with E-state index in [0.717, 1.165) is 6.42 Å². The van der Waals surface area contributed by atoms with Crippen LogP contribution in [0.3, 0.4) is 0 Å². The van der Waals surface area contributed by atoms with Crippen molar-refractivity contribution in [2.24, 2.45) is 5.41 Å². The van der Waals surface area contributed by atoms with Gasteiger partial charge in [0, 0.05) is 0 Å². The maximum Gasteiger partial charge on any atom is 0.0728 e. The molecule has 0 saturated heterocycles. The summed E-state index contributed by atoms with van der Waals surface area (Å²) >= 11 is 0. The van der Waals surface area contributed by atoms with E-state index in [1.165, 1.54) is 18.4 Å². The monoisotopic (exact) mass is 154 g/mol. The summed E-state index contributed by atoms with van der Waals surface area (Å²) in [5, 5.41) is 9.52. The van der Waals surface area contributed by atoms with Crippen molar-refractivity contribution in [3.05, 3.63) is 11.6 Å². The molecule has 0 aromatic carbocycles. The lowest BCUT2D eigenvalue weighted by Crippen LogP contribution is -2.09. The van der Waals surface area contributed by atoms with E-state index >= 15 is 0 Å². The molecule has 1 rings (SSSR count). The molecule has 1 N–H and O–H groups in total. The Morgan fingerprint density at radius 3 is 2.45 bits per heavy atom. The van der Waals surface area contributed by atoms with Crippen LogP contribution in [0.2, 0.25) is 0 Å². The smallest absolute Gasteiger partial charge is 0.0728 e. The predicted octanol–water partition coefficient (Wildman–Crippen LogP) is 2.50. The second-order valence-electron chi connectivity index (χ2n) is 4.33. The molecule has 0 radical (unpaired) electrons. The standard InChI is InChI=1S/C10H18O/c1-8(2)6-9(11)7-10(3)4-5-10/h6,9,11H,4-5,7H2,1-3H3. The Morgan fingerprint density at radius 1 is 1.55 bits per heavy atom. The highest BCUT2D eigenvalue weighted by molar-refractivity contribution is 5.01. The number of hydrogen-bond acceptors (Lipinski definition) is 1. The molecular formula is C10H18O. The van der Waals surface area contributed by atoms with E-state index in [2.05, 4.69) is 6.92 Å². The number of aliphatic hydroxyl groups is 1. The van der Waals surface area contributed by atoms with Crippen molar-refractivity contribution in [1.29, 1.82) is 0 Å². The van der Waals surface area contributed by atoms with Crippen LogP contribution in [0.4, 0.5) is 0 Å². The Balaban J connectivity index is 2.31. The highest BCUT2D eigenvalue weighted by Crippen LogP contribution is 2.48. The van der Waals surface area contributed by atoms with Gasteiger partial charge in [0.05, 0.1) is 6.10 Å². The van der Waals surface area contributed by atoms with Crippen molar-refractivity contribution >= 4 is 0 Å². The number of rotatable bonds is 3. The SMILES string of the molecule is CC(C)=CC(O)CC1(C)CC1. The predicted molar refractivity (Wildman–Crippen MR) is 47.4 cm³/mol. The van der Waals surface area contributed by atoms with Crippen molar-refractivity contribution in [2.45, 2.75) is 46.1 Å². The lowest BCUT2D eigenvalue weighted by atomic mass is 10.00. The van der Waals surface area contributed by atoms with Gasteiger partial charge in [0.2, 0.25) is 0 Å². The van der Waals surface area contributed by atoms with Gasteiger partial charge in [-0.15, -0.1) is 0 Å². The summed E-state index contributed by atoms with van der Waals surface area (Å²) in [6, 6.07) is 0. The van der Waals surface area contributed by atoms with Crippen LogP contribution in [0.25, 0.3) is 0 Å². The highest BCUT2D eigenvalue weighted by Gasteiger charge is 2.38. The molecule has 1 aliphatic rings. The molecule has 1 atom stereocenters. The lowest BCUT2D eigenvalue weighted by molar-refractivity contribution is 0.184. The van der Waals surface area contributed by atoms with Gasteiger partial charge in [-0.05, 0) is 38.5 Å². The second-order valence-corrected chi connectivity index (χ2v) is 4.33. The van der Waals surface area contributed by atoms with Gasteiger partial charge in [-0.1, -0.05) is 18.6 Å². The summed E-state index contributed by atoms with van der Waals surface area (Å²) in [6.07, 6.45) is 5.26. The fourth-order valence-corrected chi connectivity index (χ4v) is 1.37. The number of aliphatic hydroxyl groups excluding tert-OH is 1. The number of allylic oxidation sites excluding steroid dienone is 1. The molecule has 0 aromatic heterocycles. The van der Waals surface area contributed by atoms with Crippen LogP contribution in [-0.4, -0.2) is 11.2 Å². The van der Waals surface area contributed by atoms with Crippen LogP contribution in [0, 0.1) is 5.41 Å². The minimum Gasteiger partial charge on any atom is -0.389 e. The third-order valence-electron chi connectivity index (χ3n) is 2.33. The topological polar surface area (TPSA) is 20.2 Å². The molecule has 1 nitrogen and oxygen atoms in total. The van der Waals surface area contributed by atoms with E-state index in [-0.39, 0.29) is 6.10 Å². The molecule has 1 unspecified atom stereocenters. The van der Waals surface area contributed by atoms with Crippen molar-refractivity contribution < 1.29 is 5.11 Å². The van der Waals surface area contributed by atoms with Crippen LogP contribution < -0.4 is 0 Å². The van der Waals surface area contributed by atoms with E-state index in [9.17, 15) is 5.11 Å². The zero-order valence-electron chi connectivity index (χ0n) is 7.72. The molecule has 1 aliphatic carbocycles. The van der Waals surface area contributed by atoms with Gasteiger partial charge in [-0.25, -0.2) is 0 Å². The molecular weight excluding hydrogens is 136 g/mol. The van der Waals surface area contributed by atoms with Crippen LogP contribution in [0.5, 0.6) is 0 Å². The fraction of sp³-hybridized carbons (Fsp3) is 0.800. The molecule has 1 heteroatoms. The Morgan fingerprint density at radius 2 is 2.09 bits per heavy atom. The summed E-state index contributed by atoms with van der Waals surface area (Å²) in [6.45, 7) is 6.30. The Kier molecular flexibility index (Phi) is 2.38. The first kappa shape index (κ1) is 8.79. The summed E-state index contributed by atoms with van der Waals surface area (Å²) in [5.41, 5.74) is 1.67. The first-order chi connectivity index (χ1) is 5.02. The minimum absolute atomic E-state index is 0.215. The molecule has 0 bridgehead atoms. The number of hydrogen-bond donors (Lipinski definition) is 1. The normalized spacial score (nSPS) is 22.5. The molecule has 0 spiro atoms. The van der Waals surface area contributed by atoms with Gasteiger partial charge in [0.15, 0.2) is 0 Å². The lowest BCUT2D eigenvalue weighted by Gasteiger charge is -2.11. The minimum atomic E-state index is -0.215. The van der Waals surface area contributed by atoms with Crippen LogP contribution >= 0.6 is 0 Å². The summed E-state index contributed by atoms with van der Waals surface area (Å²) in [5.74, 6) is 0. The van der Waals surface area contributed by atoms with E-state index < -0.39 is 0 Å². The first-order valence-corrected chi connectivity index (χ1v) is 4.35. The second kappa shape index (κ2) is 2.98. The van der Waals surface area contributed by atoms with Gasteiger partial charge >= 0.3 is 0 Å². The van der Waals surface area contributed by atoms with Crippen molar-refractivity contribution in [3.8, 4) is 0 Å². The molecule has 0 aliphatic heterocycles. The average Bonchev–Trinajstić information content (AvgIpc) is 2.44. The molecule has 0 aromatic rings. The summed E-state index contributed by atoms with van der Waals surface area (Å²) in [7, 11) is 0. The maximum absolute atomic E-state index is 9.52. The summed E-state index contributed by atoms with van der Waals surface area (Å²) < 4.78 is 0. The van der Waals surface area contributed by atoms with Crippen molar-refractivity contribution in [3.63, 3.8) is 0 Å². The molecule has 1 saturated carbocycles. The van der Waals surface area contributed by atoms with Crippen LogP contribution in [-0.2, 0) is 0 Å². The Bertz CT molecular complexity index is 162. The highest BCUT2D eigenvalue weighted by atomic mass is 16.3. The van der Waals surface area contributed by atoms with Gasteiger partial charge in [-0.2, -0.15) is 0 Å². The van der Waals surface area contributed by atoms with E-state index in [1.807, 2.05) is 19.9 Å². The zero-order chi connectivity index (χ0) is 8.48. The molecule has 0 heterocycles. The van der Waals surface area contributed by atoms with Gasteiger partial charge in [0.1, 0.15) is 0 Å². The van der Waals surface area contributed by atoms with Gasteiger partial charge in [-0.3, -0.25) is 0 Å². The van der Waals surface area contributed by atoms with Crippen LogP contribution in [0.15, 0.2) is 11.6 Å². The van der Waals surface area contributed by atoms with E-state index in [0.29, 0.717) is 5.41 Å². The third-order valence-corrected chi connectivity index (χ3v) is 2.33. The van der Waals surface area contributed by atoms with Gasteiger partial charge < -0.3 is 5.11 Å². The van der Waals surface area contributed by atoms with Crippen LogP contribution in [0.1, 0.15) is 40.0 Å². The zero-order valence-corrected chi connectivity index (χ0v) is 7.72. The molecule has 64 valence electrons. The van der Waals surface area contributed by atoms with E-state index in [4.69, 9.17) is 0 Å². The van der Waals surface area contributed by atoms with E-state index in [1.54, 1.807) is 0 Å². The maximum atomic E-state index is 9.52. The largest absolute Gasteiger partial charge is 0.389 e. The molecule has 1 fully saturated rings. The Labute approximate surface area is 69.1 Å². The molecule has 11 heavy (non-hydrogen) atoms. The van der Waals surface area contributed by atoms with Gasteiger partial charge in [0.25, 0.3) is 0 Å². The first-order valence-electron chi connectivity index (χ1n) is 4.35. The summed E-state index contributed by atoms with van der Waals surface area (Å²) in [4.78, 5) is 0. The van der Waals surface area contributed by atoms with Crippen molar-refractivity contribution in [1.82, 2.24) is 0 Å². The third kappa shape index (κ3) is 3.06. The Hall–Kier alpha value is -0.300. The average molecular weight is 154 g/mol.